The van der Waals surface area contributed by atoms with E-state index in [2.05, 4.69) is 5.43 Å². The predicted molar refractivity (Wildman–Crippen MR) is 59.9 cm³/mol. The first-order valence-electron chi connectivity index (χ1n) is 5.62. The van der Waals surface area contributed by atoms with Gasteiger partial charge in [-0.3, -0.25) is 11.3 Å². The van der Waals surface area contributed by atoms with Gasteiger partial charge in [-0.2, -0.15) is 0 Å². The van der Waals surface area contributed by atoms with Gasteiger partial charge in [0.2, 0.25) is 0 Å². The fourth-order valence-electron chi connectivity index (χ4n) is 2.18. The van der Waals surface area contributed by atoms with Crippen molar-refractivity contribution in [3.63, 3.8) is 0 Å². The smallest absolute Gasteiger partial charge is 0.131 e. The Bertz CT molecular complexity index is 376. The Kier molecular flexibility index (Phi) is 3.71. The molecule has 1 saturated carbocycles. The lowest BCUT2D eigenvalue weighted by atomic mass is 9.97. The third kappa shape index (κ3) is 2.46. The van der Waals surface area contributed by atoms with Crippen LogP contribution in [0.5, 0.6) is 0 Å². The number of ether oxygens (including phenoxy) is 1. The minimum atomic E-state index is -0.659. The summed E-state index contributed by atoms with van der Waals surface area (Å²) in [6.07, 6.45) is 1.71. The van der Waals surface area contributed by atoms with Crippen LogP contribution in [0.15, 0.2) is 18.2 Å². The normalized spacial score (nSPS) is 19.1. The van der Waals surface area contributed by atoms with E-state index in [9.17, 15) is 8.78 Å². The van der Waals surface area contributed by atoms with E-state index in [1.54, 1.807) is 0 Å². The molecule has 0 saturated heterocycles. The number of methoxy groups -OCH3 is 1. The topological polar surface area (TPSA) is 47.3 Å². The van der Waals surface area contributed by atoms with Crippen molar-refractivity contribution in [3.8, 4) is 0 Å². The largest absolute Gasteiger partial charge is 0.379 e. The van der Waals surface area contributed by atoms with Gasteiger partial charge in [0.1, 0.15) is 11.6 Å². The number of hydrogen-bond donors (Lipinski definition) is 2. The maximum Gasteiger partial charge on any atom is 0.131 e. The number of nitrogens with two attached hydrogens (primary N) is 1. The Morgan fingerprint density at radius 2 is 1.94 bits per heavy atom. The van der Waals surface area contributed by atoms with E-state index >= 15 is 0 Å². The van der Waals surface area contributed by atoms with Gasteiger partial charge in [-0.15, -0.1) is 0 Å². The van der Waals surface area contributed by atoms with Gasteiger partial charge in [-0.1, -0.05) is 6.07 Å². The van der Waals surface area contributed by atoms with E-state index in [0.717, 1.165) is 12.8 Å². The highest BCUT2D eigenvalue weighted by molar-refractivity contribution is 5.25. The van der Waals surface area contributed by atoms with Crippen LogP contribution in [0, 0.1) is 17.6 Å². The van der Waals surface area contributed by atoms with E-state index in [-0.39, 0.29) is 11.7 Å². The van der Waals surface area contributed by atoms with Crippen molar-refractivity contribution in [2.45, 2.75) is 25.0 Å². The molecule has 0 heterocycles. The van der Waals surface area contributed by atoms with Crippen LogP contribution in [0.2, 0.25) is 0 Å². The van der Waals surface area contributed by atoms with Gasteiger partial charge in [-0.05, 0) is 30.9 Å². The Morgan fingerprint density at radius 1 is 1.35 bits per heavy atom. The molecule has 0 bridgehead atoms. The fraction of sp³-hybridized carbons (Fsp3) is 0.500. The molecule has 2 unspecified atom stereocenters. The monoisotopic (exact) mass is 242 g/mol. The molecule has 3 N–H and O–H groups in total. The van der Waals surface area contributed by atoms with Crippen LogP contribution in [0.1, 0.15) is 24.4 Å². The van der Waals surface area contributed by atoms with E-state index in [1.165, 1.54) is 25.3 Å². The number of hydrazine groups is 1. The van der Waals surface area contributed by atoms with E-state index in [0.29, 0.717) is 5.92 Å². The van der Waals surface area contributed by atoms with Crippen molar-refractivity contribution in [2.75, 3.05) is 7.11 Å². The summed E-state index contributed by atoms with van der Waals surface area (Å²) < 4.78 is 32.7. The van der Waals surface area contributed by atoms with Crippen molar-refractivity contribution in [2.24, 2.45) is 11.8 Å². The second kappa shape index (κ2) is 5.08. The van der Waals surface area contributed by atoms with Crippen LogP contribution in [0.3, 0.4) is 0 Å². The molecule has 0 aromatic heterocycles. The lowest BCUT2D eigenvalue weighted by Gasteiger charge is -2.26. The van der Waals surface area contributed by atoms with Crippen LogP contribution < -0.4 is 11.3 Å². The van der Waals surface area contributed by atoms with Crippen LogP contribution in [-0.2, 0) is 4.74 Å². The molecule has 1 fully saturated rings. The van der Waals surface area contributed by atoms with E-state index < -0.39 is 17.7 Å². The lowest BCUT2D eigenvalue weighted by molar-refractivity contribution is 0.0484. The molecule has 1 aromatic carbocycles. The van der Waals surface area contributed by atoms with Crippen LogP contribution in [0.25, 0.3) is 0 Å². The molecule has 94 valence electrons. The first-order chi connectivity index (χ1) is 8.19. The van der Waals surface area contributed by atoms with Gasteiger partial charge < -0.3 is 4.74 Å². The molecule has 17 heavy (non-hydrogen) atoms. The van der Waals surface area contributed by atoms with E-state index in [4.69, 9.17) is 10.6 Å². The summed E-state index contributed by atoms with van der Waals surface area (Å²) in [5.41, 5.74) is 2.42. The molecule has 0 amide bonds. The highest BCUT2D eigenvalue weighted by Crippen LogP contribution is 2.40. The Balaban J connectivity index is 2.33. The second-order valence-electron chi connectivity index (χ2n) is 4.32. The van der Waals surface area contributed by atoms with Gasteiger partial charge in [0, 0.05) is 12.7 Å². The molecule has 1 aromatic rings. The fourth-order valence-corrected chi connectivity index (χ4v) is 2.18. The average Bonchev–Trinajstić information content (AvgIpc) is 3.11. The van der Waals surface area contributed by atoms with Crippen molar-refractivity contribution in [3.05, 3.63) is 35.4 Å². The summed E-state index contributed by atoms with van der Waals surface area (Å²) in [5.74, 6) is 4.54. The van der Waals surface area contributed by atoms with Crippen molar-refractivity contribution in [1.82, 2.24) is 5.43 Å². The summed E-state index contributed by atoms with van der Waals surface area (Å²) >= 11 is 0. The summed E-state index contributed by atoms with van der Waals surface area (Å²) in [6, 6.07) is 3.12. The van der Waals surface area contributed by atoms with Crippen LogP contribution in [0.4, 0.5) is 8.78 Å². The third-order valence-electron chi connectivity index (χ3n) is 3.18. The van der Waals surface area contributed by atoms with Gasteiger partial charge in [0.25, 0.3) is 0 Å². The van der Waals surface area contributed by atoms with Crippen LogP contribution >= 0.6 is 0 Å². The van der Waals surface area contributed by atoms with Gasteiger partial charge in [0.15, 0.2) is 0 Å². The third-order valence-corrected chi connectivity index (χ3v) is 3.18. The first-order valence-corrected chi connectivity index (χ1v) is 5.62. The quantitative estimate of drug-likeness (QED) is 0.612. The second-order valence-corrected chi connectivity index (χ2v) is 4.32. The summed E-state index contributed by atoms with van der Waals surface area (Å²) in [6.45, 7) is 0. The zero-order chi connectivity index (χ0) is 12.4. The maximum atomic E-state index is 13.7. The molecular formula is C12H16F2N2O. The van der Waals surface area contributed by atoms with Crippen molar-refractivity contribution >= 4 is 0 Å². The lowest BCUT2D eigenvalue weighted by Crippen LogP contribution is -2.39. The van der Waals surface area contributed by atoms with Crippen LogP contribution in [-0.4, -0.2) is 13.2 Å². The first kappa shape index (κ1) is 12.4. The molecule has 5 heteroatoms. The molecule has 0 radical (unpaired) electrons. The highest BCUT2D eigenvalue weighted by Gasteiger charge is 2.39. The molecule has 2 atom stereocenters. The molecule has 3 nitrogen and oxygen atoms in total. The molecule has 0 spiro atoms. The number of halogens is 2. The van der Waals surface area contributed by atoms with Crippen molar-refractivity contribution in [1.29, 1.82) is 0 Å². The summed E-state index contributed by atoms with van der Waals surface area (Å²) in [5, 5.41) is 0. The Labute approximate surface area is 98.9 Å². The van der Waals surface area contributed by atoms with Gasteiger partial charge >= 0.3 is 0 Å². The standard InChI is InChI=1S/C12H16F2N2O/c1-17-12(7-5-6-7)11(16-15)10-8(13)3-2-4-9(10)14/h2-4,7,11-12,16H,5-6,15H2,1H3. The summed E-state index contributed by atoms with van der Waals surface area (Å²) in [7, 11) is 1.53. The number of benzene rings is 1. The SMILES string of the molecule is COC(C1CC1)C(NN)c1c(F)cccc1F. The molecule has 0 aliphatic heterocycles. The highest BCUT2D eigenvalue weighted by atomic mass is 19.1. The maximum absolute atomic E-state index is 13.7. The molecule has 2 rings (SSSR count). The molecule has 1 aliphatic carbocycles. The number of hydrogen-bond acceptors (Lipinski definition) is 3. The minimum Gasteiger partial charge on any atom is -0.379 e. The Hall–Kier alpha value is -1.04. The zero-order valence-electron chi connectivity index (χ0n) is 9.62. The zero-order valence-corrected chi connectivity index (χ0v) is 9.62. The minimum absolute atomic E-state index is 0.0475. The van der Waals surface area contributed by atoms with Gasteiger partial charge in [0.05, 0.1) is 12.1 Å². The number of rotatable bonds is 5. The number of nitrogens with one attached hydrogen (secondary N) is 1. The predicted octanol–water partition coefficient (Wildman–Crippen LogP) is 1.89. The van der Waals surface area contributed by atoms with Crippen molar-refractivity contribution < 1.29 is 13.5 Å². The van der Waals surface area contributed by atoms with Gasteiger partial charge in [-0.25, -0.2) is 8.78 Å². The average molecular weight is 242 g/mol. The Morgan fingerprint density at radius 3 is 2.35 bits per heavy atom. The molecular weight excluding hydrogens is 226 g/mol. The summed E-state index contributed by atoms with van der Waals surface area (Å²) in [4.78, 5) is 0. The van der Waals surface area contributed by atoms with E-state index in [1.807, 2.05) is 0 Å². The molecule has 1 aliphatic rings.